The van der Waals surface area contributed by atoms with E-state index in [1.807, 2.05) is 25.1 Å². The third-order valence-corrected chi connectivity index (χ3v) is 7.22. The molecule has 0 bridgehead atoms. The number of nitro groups is 1. The van der Waals surface area contributed by atoms with E-state index in [2.05, 4.69) is 5.32 Å². The van der Waals surface area contributed by atoms with E-state index in [1.165, 1.54) is 12.1 Å². The molecule has 0 aromatic heterocycles. The maximum atomic E-state index is 13.8. The number of methoxy groups -OCH3 is 2. The summed E-state index contributed by atoms with van der Waals surface area (Å²) in [4.78, 5) is 38.2. The van der Waals surface area contributed by atoms with Crippen LogP contribution >= 0.6 is 0 Å². The van der Waals surface area contributed by atoms with Gasteiger partial charge in [-0.3, -0.25) is 14.9 Å². The van der Waals surface area contributed by atoms with Gasteiger partial charge < -0.3 is 19.5 Å². The van der Waals surface area contributed by atoms with Crippen LogP contribution in [0.5, 0.6) is 11.5 Å². The van der Waals surface area contributed by atoms with Gasteiger partial charge in [-0.05, 0) is 55.9 Å². The van der Waals surface area contributed by atoms with E-state index in [1.54, 1.807) is 40.2 Å². The number of nitrogens with zero attached hydrogens (tertiary/aromatic N) is 1. The molecular formula is C29H32N2O7. The normalized spacial score (nSPS) is 19.9. The average Bonchev–Trinajstić information content (AvgIpc) is 2.91. The van der Waals surface area contributed by atoms with Crippen molar-refractivity contribution in [2.45, 2.75) is 58.0 Å². The van der Waals surface area contributed by atoms with Crippen molar-refractivity contribution in [3.63, 3.8) is 0 Å². The first kappa shape index (κ1) is 26.9. The Bertz CT molecular complexity index is 1340. The van der Waals surface area contributed by atoms with Gasteiger partial charge >= 0.3 is 5.97 Å². The molecule has 1 N–H and O–H groups in total. The molecular weight excluding hydrogens is 488 g/mol. The lowest BCUT2D eigenvalue weighted by molar-refractivity contribution is -0.384. The monoisotopic (exact) mass is 520 g/mol. The second-order valence-electron chi connectivity index (χ2n) is 9.61. The van der Waals surface area contributed by atoms with Gasteiger partial charge in [0.1, 0.15) is 0 Å². The van der Waals surface area contributed by atoms with Gasteiger partial charge in [-0.2, -0.15) is 0 Å². The number of dihydropyridines is 1. The van der Waals surface area contributed by atoms with Crippen LogP contribution in [-0.2, 0) is 14.3 Å². The Balaban J connectivity index is 1.80. The quantitative estimate of drug-likeness (QED) is 0.283. The first-order valence-electron chi connectivity index (χ1n) is 12.6. The zero-order chi connectivity index (χ0) is 27.6. The van der Waals surface area contributed by atoms with Crippen LogP contribution in [0.25, 0.3) is 0 Å². The van der Waals surface area contributed by atoms with Gasteiger partial charge in [-0.15, -0.1) is 0 Å². The fourth-order valence-electron chi connectivity index (χ4n) is 5.13. The SMILES string of the molecule is CC[C@H](C)OC(=O)C1=C(C)NC2=C(C(=O)C[C@@H](c3ccc(OC)c(OC)c3)C2)[C@@H]1c1cccc([N+](=O)[O-])c1. The smallest absolute Gasteiger partial charge is 0.337 e. The number of carbonyl (C=O) groups is 2. The predicted molar refractivity (Wildman–Crippen MR) is 141 cm³/mol. The molecule has 2 aromatic carbocycles. The first-order chi connectivity index (χ1) is 18.2. The van der Waals surface area contributed by atoms with Crippen LogP contribution < -0.4 is 14.8 Å². The van der Waals surface area contributed by atoms with Crippen LogP contribution in [0, 0.1) is 10.1 Å². The summed E-state index contributed by atoms with van der Waals surface area (Å²) in [6, 6.07) is 11.7. The number of carbonyl (C=O) groups excluding carboxylic acids is 2. The Morgan fingerprint density at radius 2 is 1.84 bits per heavy atom. The zero-order valence-corrected chi connectivity index (χ0v) is 22.2. The molecule has 0 saturated carbocycles. The molecule has 3 atom stereocenters. The summed E-state index contributed by atoms with van der Waals surface area (Å²) >= 11 is 0. The van der Waals surface area contributed by atoms with Gasteiger partial charge in [0.2, 0.25) is 0 Å². The van der Waals surface area contributed by atoms with Gasteiger partial charge in [-0.1, -0.05) is 25.1 Å². The van der Waals surface area contributed by atoms with Crippen molar-refractivity contribution in [3.05, 3.63) is 86.2 Å². The molecule has 4 rings (SSSR count). The number of benzene rings is 2. The Morgan fingerprint density at radius 3 is 2.50 bits per heavy atom. The van der Waals surface area contributed by atoms with Crippen LogP contribution in [0.3, 0.4) is 0 Å². The van der Waals surface area contributed by atoms with Crippen LogP contribution in [0.15, 0.2) is 65.0 Å². The minimum absolute atomic E-state index is 0.109. The minimum Gasteiger partial charge on any atom is -0.493 e. The van der Waals surface area contributed by atoms with E-state index in [9.17, 15) is 19.7 Å². The maximum absolute atomic E-state index is 13.8. The lowest BCUT2D eigenvalue weighted by atomic mass is 9.71. The first-order valence-corrected chi connectivity index (χ1v) is 12.6. The average molecular weight is 521 g/mol. The summed E-state index contributed by atoms with van der Waals surface area (Å²) in [6.07, 6.45) is 1.05. The van der Waals surface area contributed by atoms with Crippen molar-refractivity contribution >= 4 is 17.4 Å². The minimum atomic E-state index is -0.776. The summed E-state index contributed by atoms with van der Waals surface area (Å²) in [6.45, 7) is 5.48. The number of nitrogens with one attached hydrogen (secondary N) is 1. The molecule has 2 aromatic rings. The molecule has 0 fully saturated rings. The highest BCUT2D eigenvalue weighted by atomic mass is 16.6. The van der Waals surface area contributed by atoms with E-state index < -0.39 is 16.8 Å². The molecule has 0 radical (unpaired) electrons. The summed E-state index contributed by atoms with van der Waals surface area (Å²) in [7, 11) is 3.13. The highest BCUT2D eigenvalue weighted by molar-refractivity contribution is 6.04. The van der Waals surface area contributed by atoms with E-state index in [0.717, 1.165) is 5.56 Å². The number of nitro benzene ring substituents is 1. The lowest BCUT2D eigenvalue weighted by Crippen LogP contribution is -2.36. The largest absolute Gasteiger partial charge is 0.493 e. The number of rotatable bonds is 8. The van der Waals surface area contributed by atoms with E-state index in [-0.39, 0.29) is 29.9 Å². The van der Waals surface area contributed by atoms with Gasteiger partial charge in [0.25, 0.3) is 5.69 Å². The fourth-order valence-corrected chi connectivity index (χ4v) is 5.13. The van der Waals surface area contributed by atoms with Crippen LogP contribution in [0.4, 0.5) is 5.69 Å². The second-order valence-corrected chi connectivity index (χ2v) is 9.61. The highest BCUT2D eigenvalue weighted by Gasteiger charge is 2.42. The number of Topliss-reactive ketones (excluding diaryl/α,β-unsaturated/α-hetero) is 1. The fraction of sp³-hybridized carbons (Fsp3) is 0.379. The molecule has 0 saturated heterocycles. The van der Waals surface area contributed by atoms with Crippen molar-refractivity contribution in [3.8, 4) is 11.5 Å². The third-order valence-electron chi connectivity index (χ3n) is 7.22. The number of esters is 1. The number of hydrogen-bond acceptors (Lipinski definition) is 8. The number of ether oxygens (including phenoxy) is 3. The summed E-state index contributed by atoms with van der Waals surface area (Å²) in [5.74, 6) is -0.390. The molecule has 9 heteroatoms. The molecule has 0 spiro atoms. The second kappa shape index (κ2) is 11.1. The molecule has 200 valence electrons. The van der Waals surface area contributed by atoms with Crippen molar-refractivity contribution < 1.29 is 28.7 Å². The number of hydrogen-bond donors (Lipinski definition) is 1. The van der Waals surface area contributed by atoms with E-state index in [0.29, 0.717) is 52.4 Å². The Morgan fingerprint density at radius 1 is 1.11 bits per heavy atom. The topological polar surface area (TPSA) is 117 Å². The molecule has 0 amide bonds. The molecule has 0 unspecified atom stereocenters. The van der Waals surface area contributed by atoms with Crippen LogP contribution in [0.2, 0.25) is 0 Å². The van der Waals surface area contributed by atoms with Crippen LogP contribution in [0.1, 0.15) is 63.0 Å². The van der Waals surface area contributed by atoms with Gasteiger partial charge in [-0.25, -0.2) is 4.79 Å². The highest BCUT2D eigenvalue weighted by Crippen LogP contribution is 2.47. The summed E-state index contributed by atoms with van der Waals surface area (Å²) < 4.78 is 16.5. The van der Waals surface area contributed by atoms with Gasteiger partial charge in [0.15, 0.2) is 17.3 Å². The number of non-ortho nitro benzene ring substituents is 1. The van der Waals surface area contributed by atoms with Crippen molar-refractivity contribution in [2.24, 2.45) is 0 Å². The van der Waals surface area contributed by atoms with Crippen molar-refractivity contribution in [2.75, 3.05) is 14.2 Å². The molecule has 1 heterocycles. The predicted octanol–water partition coefficient (Wildman–Crippen LogP) is 5.32. The standard InChI is InChI=1S/C29H32N2O7/c1-6-16(2)38-29(33)26-17(3)30-22-13-20(18-10-11-24(36-4)25(15-18)37-5)14-23(32)28(22)27(26)19-8-7-9-21(12-19)31(34)35/h7-12,15-16,20,27,30H,6,13-14H2,1-5H3/t16-,20-,27+/m0/s1. The van der Waals surface area contributed by atoms with Crippen molar-refractivity contribution in [1.29, 1.82) is 0 Å². The Kier molecular flexibility index (Phi) is 7.85. The van der Waals surface area contributed by atoms with Gasteiger partial charge in [0, 0.05) is 41.4 Å². The maximum Gasteiger partial charge on any atom is 0.337 e. The van der Waals surface area contributed by atoms with E-state index in [4.69, 9.17) is 14.2 Å². The van der Waals surface area contributed by atoms with Crippen molar-refractivity contribution in [1.82, 2.24) is 5.32 Å². The molecule has 1 aliphatic carbocycles. The van der Waals surface area contributed by atoms with Gasteiger partial charge in [0.05, 0.1) is 30.8 Å². The summed E-state index contributed by atoms with van der Waals surface area (Å²) in [5, 5.41) is 14.8. The molecule has 38 heavy (non-hydrogen) atoms. The molecule has 2 aliphatic rings. The summed E-state index contributed by atoms with van der Waals surface area (Å²) in [5.41, 5.74) is 3.33. The Hall–Kier alpha value is -4.14. The number of ketones is 1. The molecule has 9 nitrogen and oxygen atoms in total. The third kappa shape index (κ3) is 5.14. The van der Waals surface area contributed by atoms with E-state index >= 15 is 0 Å². The Labute approximate surface area is 221 Å². The molecule has 1 aliphatic heterocycles. The number of allylic oxidation sites excluding steroid dienone is 3. The van der Waals surface area contributed by atoms with Crippen LogP contribution in [-0.4, -0.2) is 37.0 Å². The zero-order valence-electron chi connectivity index (χ0n) is 22.2. The lowest BCUT2D eigenvalue weighted by Gasteiger charge is -2.37.